The minimum atomic E-state index is -4.01. The smallest absolute Gasteiger partial charge is 0.338 e. The second-order valence-corrected chi connectivity index (χ2v) is 9.44. The van der Waals surface area contributed by atoms with E-state index in [4.69, 9.17) is 9.47 Å². The first-order chi connectivity index (χ1) is 15.3. The molecule has 1 fully saturated rings. The van der Waals surface area contributed by atoms with Crippen LogP contribution in [0.2, 0.25) is 0 Å². The molecule has 32 heavy (non-hydrogen) atoms. The predicted octanol–water partition coefficient (Wildman–Crippen LogP) is 3.93. The average Bonchev–Trinajstić information content (AvgIpc) is 2.79. The van der Waals surface area contributed by atoms with E-state index >= 15 is 0 Å². The Morgan fingerprint density at radius 1 is 0.969 bits per heavy atom. The Balaban J connectivity index is 1.58. The first kappa shape index (κ1) is 23.6. The van der Waals surface area contributed by atoms with Gasteiger partial charge in [0.2, 0.25) is 0 Å². The summed E-state index contributed by atoms with van der Waals surface area (Å²) in [6.07, 6.45) is 4.31. The van der Waals surface area contributed by atoms with Crippen LogP contribution in [0.5, 0.6) is 5.75 Å². The molecule has 9 heteroatoms. The van der Waals surface area contributed by atoms with Gasteiger partial charge in [0, 0.05) is 6.04 Å². The van der Waals surface area contributed by atoms with Crippen molar-refractivity contribution in [2.24, 2.45) is 0 Å². The van der Waals surface area contributed by atoms with Gasteiger partial charge in [-0.3, -0.25) is 0 Å². The number of nitrogens with one attached hydrogen (secondary N) is 2. The van der Waals surface area contributed by atoms with E-state index in [0.29, 0.717) is 16.9 Å². The second-order valence-electron chi connectivity index (χ2n) is 7.76. The van der Waals surface area contributed by atoms with Crippen LogP contribution in [-0.4, -0.2) is 33.6 Å². The Hall–Kier alpha value is -3.07. The van der Waals surface area contributed by atoms with Crippen LogP contribution in [0.15, 0.2) is 53.4 Å². The highest BCUT2D eigenvalue weighted by Crippen LogP contribution is 2.22. The number of carbonyl (C=O) groups excluding carboxylic acids is 2. The van der Waals surface area contributed by atoms with Gasteiger partial charge in [-0.25, -0.2) is 22.7 Å². The van der Waals surface area contributed by atoms with Gasteiger partial charge in [-0.15, -0.1) is 0 Å². The summed E-state index contributed by atoms with van der Waals surface area (Å²) >= 11 is 0. The molecule has 0 bridgehead atoms. The molecule has 1 aliphatic rings. The lowest BCUT2D eigenvalue weighted by Crippen LogP contribution is -2.45. The third kappa shape index (κ3) is 6.23. The number of hydrogen-bond acceptors (Lipinski definition) is 6. The third-order valence-corrected chi connectivity index (χ3v) is 6.78. The summed E-state index contributed by atoms with van der Waals surface area (Å²) < 4.78 is 37.6. The van der Waals surface area contributed by atoms with Crippen LogP contribution in [0, 0.1) is 0 Å². The van der Waals surface area contributed by atoms with Crippen molar-refractivity contribution >= 4 is 22.0 Å². The quantitative estimate of drug-likeness (QED) is 0.606. The molecule has 2 aromatic carbocycles. The maximum Gasteiger partial charge on any atom is 0.338 e. The number of urea groups is 1. The van der Waals surface area contributed by atoms with Crippen LogP contribution in [0.25, 0.3) is 0 Å². The predicted molar refractivity (Wildman–Crippen MR) is 119 cm³/mol. The molecule has 2 N–H and O–H groups in total. The maximum atomic E-state index is 12.5. The fourth-order valence-electron chi connectivity index (χ4n) is 3.58. The third-order valence-electron chi connectivity index (χ3n) is 5.44. The largest absolute Gasteiger partial charge is 0.497 e. The van der Waals surface area contributed by atoms with E-state index in [1.165, 1.54) is 19.2 Å². The summed E-state index contributed by atoms with van der Waals surface area (Å²) in [6, 6.07) is 11.7. The first-order valence-corrected chi connectivity index (χ1v) is 12.0. The standard InChI is InChI=1S/C23H28N2O6S/c1-16(31-22(26)18-8-12-20(30-2)13-9-18)17-10-14-21(15-11-17)32(28,29)25-23(27)24-19-6-4-3-5-7-19/h8-16,19H,3-7H2,1-2H3,(H2,24,25,27). The molecule has 3 rings (SSSR count). The number of methoxy groups -OCH3 is 1. The normalized spacial score (nSPS) is 15.4. The zero-order valence-electron chi connectivity index (χ0n) is 18.2. The SMILES string of the molecule is COc1ccc(C(=O)OC(C)c2ccc(S(=O)(=O)NC(=O)NC3CCCCC3)cc2)cc1. The molecular weight excluding hydrogens is 432 g/mol. The highest BCUT2D eigenvalue weighted by molar-refractivity contribution is 7.90. The lowest BCUT2D eigenvalue weighted by Gasteiger charge is -2.22. The summed E-state index contributed by atoms with van der Waals surface area (Å²) in [5.41, 5.74) is 1.00. The van der Waals surface area contributed by atoms with E-state index in [1.807, 2.05) is 0 Å². The van der Waals surface area contributed by atoms with Crippen LogP contribution >= 0.6 is 0 Å². The zero-order valence-corrected chi connectivity index (χ0v) is 19.0. The Morgan fingerprint density at radius 3 is 2.19 bits per heavy atom. The number of sulfonamides is 1. The molecule has 2 amide bonds. The van der Waals surface area contributed by atoms with Gasteiger partial charge in [-0.05, 0) is 61.7 Å². The van der Waals surface area contributed by atoms with Gasteiger partial charge in [-0.2, -0.15) is 0 Å². The monoisotopic (exact) mass is 460 g/mol. The minimum Gasteiger partial charge on any atom is -0.497 e. The van der Waals surface area contributed by atoms with E-state index < -0.39 is 28.1 Å². The topological polar surface area (TPSA) is 111 Å². The number of ether oxygens (including phenoxy) is 2. The van der Waals surface area contributed by atoms with Crippen molar-refractivity contribution in [3.63, 3.8) is 0 Å². The fourth-order valence-corrected chi connectivity index (χ4v) is 4.50. The molecule has 172 valence electrons. The number of rotatable bonds is 7. The highest BCUT2D eigenvalue weighted by Gasteiger charge is 2.22. The van der Waals surface area contributed by atoms with Gasteiger partial charge in [0.25, 0.3) is 10.0 Å². The fraction of sp³-hybridized carbons (Fsp3) is 0.391. The van der Waals surface area contributed by atoms with Crippen molar-refractivity contribution in [3.8, 4) is 5.75 Å². The molecule has 0 spiro atoms. The van der Waals surface area contributed by atoms with Gasteiger partial charge in [-0.1, -0.05) is 31.4 Å². The summed E-state index contributed by atoms with van der Waals surface area (Å²) in [6.45, 7) is 1.70. The van der Waals surface area contributed by atoms with Crippen molar-refractivity contribution in [2.75, 3.05) is 7.11 Å². The van der Waals surface area contributed by atoms with Gasteiger partial charge in [0.15, 0.2) is 0 Å². The Kier molecular flexibility index (Phi) is 7.74. The van der Waals surface area contributed by atoms with E-state index in [2.05, 4.69) is 10.0 Å². The van der Waals surface area contributed by atoms with Crippen LogP contribution < -0.4 is 14.8 Å². The van der Waals surface area contributed by atoms with Gasteiger partial charge < -0.3 is 14.8 Å². The Morgan fingerprint density at radius 2 is 1.59 bits per heavy atom. The molecule has 2 aromatic rings. The molecule has 1 aliphatic carbocycles. The van der Waals surface area contributed by atoms with Crippen molar-refractivity contribution in [3.05, 3.63) is 59.7 Å². The van der Waals surface area contributed by atoms with Crippen LogP contribution in [0.1, 0.15) is 61.1 Å². The maximum absolute atomic E-state index is 12.5. The Labute approximate surface area is 188 Å². The molecule has 1 atom stereocenters. The number of amides is 2. The second kappa shape index (κ2) is 10.5. The van der Waals surface area contributed by atoms with E-state index in [1.54, 1.807) is 43.3 Å². The summed E-state index contributed by atoms with van der Waals surface area (Å²) in [5.74, 6) is 0.130. The number of carbonyl (C=O) groups is 2. The average molecular weight is 461 g/mol. The molecule has 0 aromatic heterocycles. The van der Waals surface area contributed by atoms with Gasteiger partial charge in [0.05, 0.1) is 17.6 Å². The van der Waals surface area contributed by atoms with Gasteiger partial charge >= 0.3 is 12.0 Å². The van der Waals surface area contributed by atoms with Crippen LogP contribution in [0.3, 0.4) is 0 Å². The molecule has 1 unspecified atom stereocenters. The van der Waals surface area contributed by atoms with Crippen LogP contribution in [-0.2, 0) is 14.8 Å². The molecular formula is C23H28N2O6S. The van der Waals surface area contributed by atoms with Crippen LogP contribution in [0.4, 0.5) is 4.79 Å². The first-order valence-electron chi connectivity index (χ1n) is 10.6. The van der Waals surface area contributed by atoms with Gasteiger partial charge in [0.1, 0.15) is 11.9 Å². The summed E-state index contributed by atoms with van der Waals surface area (Å²) in [5, 5.41) is 2.72. The minimum absolute atomic E-state index is 0.00237. The van der Waals surface area contributed by atoms with Crippen molar-refractivity contribution < 1.29 is 27.5 Å². The summed E-state index contributed by atoms with van der Waals surface area (Å²) in [7, 11) is -2.47. The Bertz CT molecular complexity index is 1030. The number of hydrogen-bond donors (Lipinski definition) is 2. The molecule has 0 saturated heterocycles. The lowest BCUT2D eigenvalue weighted by atomic mass is 9.96. The number of benzene rings is 2. The van der Waals surface area contributed by atoms with Crippen molar-refractivity contribution in [2.45, 2.75) is 56.1 Å². The highest BCUT2D eigenvalue weighted by atomic mass is 32.2. The molecule has 1 saturated carbocycles. The lowest BCUT2D eigenvalue weighted by molar-refractivity contribution is 0.0337. The molecule has 0 heterocycles. The van der Waals surface area contributed by atoms with E-state index in [9.17, 15) is 18.0 Å². The van der Waals surface area contributed by atoms with Crippen molar-refractivity contribution in [1.29, 1.82) is 0 Å². The van der Waals surface area contributed by atoms with Crippen molar-refractivity contribution in [1.82, 2.24) is 10.0 Å². The molecule has 8 nitrogen and oxygen atoms in total. The van der Waals surface area contributed by atoms with E-state index in [-0.39, 0.29) is 10.9 Å². The molecule has 0 radical (unpaired) electrons. The van der Waals surface area contributed by atoms with E-state index in [0.717, 1.165) is 32.1 Å². The number of esters is 1. The zero-order chi connectivity index (χ0) is 23.1. The molecule has 0 aliphatic heterocycles. The summed E-state index contributed by atoms with van der Waals surface area (Å²) in [4.78, 5) is 24.4.